The molecule has 0 aromatic heterocycles. The second-order valence-corrected chi connectivity index (χ2v) is 25.1. The largest absolute Gasteiger partial charge is 0.466 e. The van der Waals surface area contributed by atoms with Crippen LogP contribution in [-0.2, 0) is 18.4 Å². The monoisotopic (exact) mass is 615 g/mol. The normalized spacial score (nSPS) is 14.7. The zero-order chi connectivity index (χ0) is 31.6. The maximum Gasteiger partial charge on any atom is 0.305 e. The smallest absolute Gasteiger partial charge is 0.305 e. The van der Waals surface area contributed by atoms with Crippen molar-refractivity contribution in [2.45, 2.75) is 213 Å². The highest BCUT2D eigenvalue weighted by atomic mass is 28.4. The van der Waals surface area contributed by atoms with E-state index in [0.717, 1.165) is 25.7 Å². The highest BCUT2D eigenvalue weighted by molar-refractivity contribution is 6.74. The molecule has 4 nitrogen and oxygen atoms in total. The molecule has 0 aromatic rings. The van der Waals surface area contributed by atoms with E-state index in [9.17, 15) is 4.79 Å². The Bertz CT molecular complexity index is 664. The maximum absolute atomic E-state index is 12.2. The Morgan fingerprint density at radius 1 is 0.561 bits per heavy atom. The van der Waals surface area contributed by atoms with Crippen LogP contribution in [0.4, 0.5) is 0 Å². The zero-order valence-electron chi connectivity index (χ0n) is 30.0. The first-order chi connectivity index (χ1) is 19.0. The molecular weight excluding hydrogens is 541 g/mol. The summed E-state index contributed by atoms with van der Waals surface area (Å²) in [5.41, 5.74) is 0. The molecule has 0 spiro atoms. The lowest BCUT2D eigenvalue weighted by Crippen LogP contribution is -2.45. The van der Waals surface area contributed by atoms with Crippen LogP contribution in [0, 0.1) is 0 Å². The van der Waals surface area contributed by atoms with E-state index in [4.69, 9.17) is 13.6 Å². The molecule has 0 radical (unpaired) electrons. The van der Waals surface area contributed by atoms with Crippen molar-refractivity contribution < 1.29 is 18.4 Å². The van der Waals surface area contributed by atoms with Crippen LogP contribution in [0.2, 0.25) is 36.3 Å². The summed E-state index contributed by atoms with van der Waals surface area (Å²) < 4.78 is 19.1. The van der Waals surface area contributed by atoms with Gasteiger partial charge >= 0.3 is 5.97 Å². The quantitative estimate of drug-likeness (QED) is 0.0616. The van der Waals surface area contributed by atoms with Crippen molar-refractivity contribution in [3.05, 3.63) is 0 Å². The van der Waals surface area contributed by atoms with Gasteiger partial charge in [0.2, 0.25) is 0 Å². The number of unbranched alkanes of at least 4 members (excludes halogenated alkanes) is 11. The van der Waals surface area contributed by atoms with Crippen molar-refractivity contribution in [3.8, 4) is 0 Å². The number of hydrogen-bond acceptors (Lipinski definition) is 4. The SMILES string of the molecule is CCCCCCCCCCCCCC[C@@H](CC[C@@H](CCC(=O)OCC)O[Si](C)(C)C(C)(C)C)O[Si](C)(C)C(C)(C)C. The van der Waals surface area contributed by atoms with Gasteiger partial charge in [-0.2, -0.15) is 0 Å². The third-order valence-electron chi connectivity index (χ3n) is 9.70. The predicted molar refractivity (Wildman–Crippen MR) is 185 cm³/mol. The molecule has 0 aliphatic rings. The third-order valence-corrected chi connectivity index (χ3v) is 18.8. The van der Waals surface area contributed by atoms with Crippen molar-refractivity contribution in [2.75, 3.05) is 6.61 Å². The van der Waals surface area contributed by atoms with Crippen LogP contribution in [0.15, 0.2) is 0 Å². The van der Waals surface area contributed by atoms with Crippen molar-refractivity contribution in [3.63, 3.8) is 0 Å². The Morgan fingerprint density at radius 3 is 1.29 bits per heavy atom. The summed E-state index contributed by atoms with van der Waals surface area (Å²) >= 11 is 0. The molecule has 6 heteroatoms. The summed E-state index contributed by atoms with van der Waals surface area (Å²) in [5, 5.41) is 0.337. The minimum absolute atomic E-state index is 0.0767. The van der Waals surface area contributed by atoms with Crippen LogP contribution >= 0.6 is 0 Å². The Kier molecular flexibility index (Phi) is 20.6. The zero-order valence-corrected chi connectivity index (χ0v) is 32.0. The maximum atomic E-state index is 12.2. The average Bonchev–Trinajstić information content (AvgIpc) is 2.84. The molecular formula is C35H74O4Si2. The fourth-order valence-electron chi connectivity index (χ4n) is 4.81. The molecule has 246 valence electrons. The van der Waals surface area contributed by atoms with E-state index < -0.39 is 16.6 Å². The molecule has 0 bridgehead atoms. The molecule has 0 unspecified atom stereocenters. The predicted octanol–water partition coefficient (Wildman–Crippen LogP) is 12.0. The highest BCUT2D eigenvalue weighted by Crippen LogP contribution is 2.40. The summed E-state index contributed by atoms with van der Waals surface area (Å²) in [4.78, 5) is 12.2. The molecule has 0 aliphatic carbocycles. The van der Waals surface area contributed by atoms with Crippen molar-refractivity contribution in [2.24, 2.45) is 0 Å². The molecule has 41 heavy (non-hydrogen) atoms. The molecule has 0 aromatic carbocycles. The minimum Gasteiger partial charge on any atom is -0.466 e. The van der Waals surface area contributed by atoms with Gasteiger partial charge in [0, 0.05) is 18.6 Å². The summed E-state index contributed by atoms with van der Waals surface area (Å²) in [7, 11) is -3.82. The van der Waals surface area contributed by atoms with Crippen LogP contribution in [0.5, 0.6) is 0 Å². The van der Waals surface area contributed by atoms with Gasteiger partial charge in [0.15, 0.2) is 16.6 Å². The van der Waals surface area contributed by atoms with Crippen LogP contribution < -0.4 is 0 Å². The number of rotatable bonds is 24. The number of carbonyl (C=O) groups excluding carboxylic acids is 1. The second kappa shape index (κ2) is 20.7. The number of hydrogen-bond donors (Lipinski definition) is 0. The lowest BCUT2D eigenvalue weighted by atomic mass is 10.0. The Hall–Kier alpha value is -0.176. The van der Waals surface area contributed by atoms with Crippen LogP contribution in [-0.4, -0.2) is 41.4 Å². The Labute approximate surface area is 260 Å². The fourth-order valence-corrected chi connectivity index (χ4v) is 7.65. The molecule has 0 amide bonds. The topological polar surface area (TPSA) is 44.8 Å². The van der Waals surface area contributed by atoms with Crippen LogP contribution in [0.25, 0.3) is 0 Å². The molecule has 0 rings (SSSR count). The van der Waals surface area contributed by atoms with E-state index in [1.807, 2.05) is 6.92 Å². The molecule has 0 N–H and O–H groups in total. The van der Waals surface area contributed by atoms with Crippen LogP contribution in [0.1, 0.15) is 165 Å². The highest BCUT2D eigenvalue weighted by Gasteiger charge is 2.41. The number of esters is 1. The van der Waals surface area contributed by atoms with E-state index in [0.29, 0.717) is 13.0 Å². The van der Waals surface area contributed by atoms with Gasteiger partial charge in [-0.05, 0) is 68.9 Å². The first-order valence-corrected chi connectivity index (χ1v) is 23.3. The summed E-state index contributed by atoms with van der Waals surface area (Å²) in [6.45, 7) is 27.9. The third kappa shape index (κ3) is 19.0. The standard InChI is InChI=1S/C35H74O4Si2/c1-13-15-16-17-18-19-20-21-22-23-24-25-26-31(38-40(9,10)34(3,4)5)27-28-32(29-30-33(36)37-14-2)39-41(11,12)35(6,7)8/h31-32H,13-30H2,1-12H3/t31-,32-/m0/s1. The summed E-state index contributed by atoms with van der Waals surface area (Å²) in [6.07, 6.45) is 21.1. The molecule has 0 fully saturated rings. The van der Waals surface area contributed by atoms with E-state index >= 15 is 0 Å². The van der Waals surface area contributed by atoms with Gasteiger partial charge in [0.25, 0.3) is 0 Å². The van der Waals surface area contributed by atoms with Gasteiger partial charge in [-0.1, -0.05) is 126 Å². The fraction of sp³-hybridized carbons (Fsp3) is 0.971. The van der Waals surface area contributed by atoms with E-state index in [1.165, 1.54) is 77.0 Å². The van der Waals surface area contributed by atoms with Gasteiger partial charge in [-0.15, -0.1) is 0 Å². The van der Waals surface area contributed by atoms with Gasteiger partial charge < -0.3 is 13.6 Å². The van der Waals surface area contributed by atoms with E-state index in [1.54, 1.807) is 0 Å². The van der Waals surface area contributed by atoms with Crippen molar-refractivity contribution >= 4 is 22.6 Å². The Balaban J connectivity index is 5.03. The summed E-state index contributed by atoms with van der Waals surface area (Å²) in [5.74, 6) is -0.109. The van der Waals surface area contributed by atoms with Crippen LogP contribution in [0.3, 0.4) is 0 Å². The van der Waals surface area contributed by atoms with E-state index in [-0.39, 0.29) is 28.3 Å². The molecule has 2 atom stereocenters. The lowest BCUT2D eigenvalue weighted by Gasteiger charge is -2.41. The average molecular weight is 615 g/mol. The summed E-state index contributed by atoms with van der Waals surface area (Å²) in [6, 6.07) is 0. The van der Waals surface area contributed by atoms with Crippen molar-refractivity contribution in [1.29, 1.82) is 0 Å². The number of carbonyl (C=O) groups is 1. The first kappa shape index (κ1) is 40.8. The van der Waals surface area contributed by atoms with Gasteiger partial charge in [0.1, 0.15) is 0 Å². The molecule has 0 aliphatic heterocycles. The molecule has 0 heterocycles. The Morgan fingerprint density at radius 2 is 0.927 bits per heavy atom. The molecule has 0 saturated heterocycles. The van der Waals surface area contributed by atoms with Gasteiger partial charge in [-0.25, -0.2) is 0 Å². The molecule has 0 saturated carbocycles. The number of ether oxygens (including phenoxy) is 1. The first-order valence-electron chi connectivity index (χ1n) is 17.5. The lowest BCUT2D eigenvalue weighted by molar-refractivity contribution is -0.143. The van der Waals surface area contributed by atoms with Gasteiger partial charge in [0.05, 0.1) is 6.61 Å². The second-order valence-electron chi connectivity index (χ2n) is 15.6. The minimum atomic E-state index is -1.95. The van der Waals surface area contributed by atoms with Crippen molar-refractivity contribution in [1.82, 2.24) is 0 Å². The van der Waals surface area contributed by atoms with Gasteiger partial charge in [-0.3, -0.25) is 4.79 Å². The van der Waals surface area contributed by atoms with E-state index in [2.05, 4.69) is 74.7 Å².